The molecular formula is C17H33NO4. The van der Waals surface area contributed by atoms with Crippen molar-refractivity contribution in [3.63, 3.8) is 0 Å². The van der Waals surface area contributed by atoms with Crippen molar-refractivity contribution in [1.82, 2.24) is 0 Å². The van der Waals surface area contributed by atoms with E-state index in [1.54, 1.807) is 0 Å². The van der Waals surface area contributed by atoms with Gasteiger partial charge in [-0.3, -0.25) is 9.59 Å². The lowest BCUT2D eigenvalue weighted by molar-refractivity contribution is -0.143. The van der Waals surface area contributed by atoms with Gasteiger partial charge < -0.3 is 15.9 Å². The van der Waals surface area contributed by atoms with Crippen LogP contribution in [0.15, 0.2) is 0 Å². The van der Waals surface area contributed by atoms with Crippen LogP contribution in [-0.4, -0.2) is 28.2 Å². The Hall–Kier alpha value is -1.10. The van der Waals surface area contributed by atoms with Gasteiger partial charge in [-0.2, -0.15) is 0 Å². The number of aliphatic carboxylic acids is 2. The van der Waals surface area contributed by atoms with Gasteiger partial charge in [-0.1, -0.05) is 71.1 Å². The lowest BCUT2D eigenvalue weighted by Crippen LogP contribution is -2.34. The molecule has 0 aromatic heterocycles. The zero-order chi connectivity index (χ0) is 16.8. The first-order valence-corrected chi connectivity index (χ1v) is 8.70. The molecule has 5 nitrogen and oxygen atoms in total. The Morgan fingerprint density at radius 2 is 1.27 bits per heavy atom. The Bertz CT molecular complexity index is 307. The van der Waals surface area contributed by atoms with Gasteiger partial charge in [0.05, 0.1) is 5.92 Å². The number of unbranched alkanes of at least 4 members (excludes halogenated alkanes) is 9. The third-order valence-electron chi connectivity index (χ3n) is 4.11. The molecule has 1 unspecified atom stereocenters. The molecule has 4 N–H and O–H groups in total. The van der Waals surface area contributed by atoms with E-state index in [-0.39, 0.29) is 6.42 Å². The molecule has 0 fully saturated rings. The summed E-state index contributed by atoms with van der Waals surface area (Å²) in [6.07, 6.45) is 12.5. The summed E-state index contributed by atoms with van der Waals surface area (Å²) in [6, 6.07) is -1.08. The molecule has 130 valence electrons. The molecule has 0 aliphatic rings. The summed E-state index contributed by atoms with van der Waals surface area (Å²) >= 11 is 0. The monoisotopic (exact) mass is 315 g/mol. The predicted octanol–water partition coefficient (Wildman–Crippen LogP) is 3.80. The van der Waals surface area contributed by atoms with Crippen molar-refractivity contribution in [2.45, 2.75) is 90.0 Å². The van der Waals surface area contributed by atoms with Gasteiger partial charge in [0.25, 0.3) is 0 Å². The molecule has 0 aliphatic heterocycles. The van der Waals surface area contributed by atoms with Crippen molar-refractivity contribution in [1.29, 1.82) is 0 Å². The summed E-state index contributed by atoms with van der Waals surface area (Å²) in [5.74, 6) is -2.71. The first kappa shape index (κ1) is 20.9. The fourth-order valence-electron chi connectivity index (χ4n) is 2.63. The van der Waals surface area contributed by atoms with Crippen LogP contribution >= 0.6 is 0 Å². The minimum Gasteiger partial charge on any atom is -0.481 e. The maximum Gasteiger partial charge on any atom is 0.320 e. The van der Waals surface area contributed by atoms with Gasteiger partial charge in [-0.05, 0) is 12.8 Å². The molecule has 0 bridgehead atoms. The summed E-state index contributed by atoms with van der Waals surface area (Å²) in [7, 11) is 0. The average molecular weight is 315 g/mol. The minimum atomic E-state index is -1.13. The maximum atomic E-state index is 11.1. The van der Waals surface area contributed by atoms with Crippen molar-refractivity contribution >= 4 is 11.9 Å². The second-order valence-electron chi connectivity index (χ2n) is 6.19. The zero-order valence-corrected chi connectivity index (χ0v) is 13.9. The number of carboxylic acids is 2. The van der Waals surface area contributed by atoms with Gasteiger partial charge in [0, 0.05) is 0 Å². The Morgan fingerprint density at radius 3 is 1.68 bits per heavy atom. The molecule has 0 saturated carbocycles. The fourth-order valence-corrected chi connectivity index (χ4v) is 2.63. The van der Waals surface area contributed by atoms with Crippen LogP contribution in [0.1, 0.15) is 84.0 Å². The van der Waals surface area contributed by atoms with Crippen molar-refractivity contribution in [2.24, 2.45) is 11.7 Å². The molecule has 0 aliphatic carbocycles. The fraction of sp³-hybridized carbons (Fsp3) is 0.882. The second-order valence-corrected chi connectivity index (χ2v) is 6.19. The highest BCUT2D eigenvalue weighted by Crippen LogP contribution is 2.17. The Kier molecular flexibility index (Phi) is 12.9. The van der Waals surface area contributed by atoms with Gasteiger partial charge in [-0.25, -0.2) is 0 Å². The first-order valence-electron chi connectivity index (χ1n) is 8.70. The van der Waals surface area contributed by atoms with Crippen molar-refractivity contribution in [2.75, 3.05) is 0 Å². The molecule has 0 rings (SSSR count). The first-order chi connectivity index (χ1) is 10.5. The SMILES string of the molecule is CCCCCCCCCCCCC(C[C@H](N)C(=O)O)C(=O)O. The highest BCUT2D eigenvalue weighted by atomic mass is 16.4. The molecule has 2 atom stereocenters. The maximum absolute atomic E-state index is 11.1. The topological polar surface area (TPSA) is 101 Å². The van der Waals surface area contributed by atoms with E-state index < -0.39 is 23.9 Å². The van der Waals surface area contributed by atoms with Gasteiger partial charge in [-0.15, -0.1) is 0 Å². The molecule has 0 heterocycles. The highest BCUT2D eigenvalue weighted by Gasteiger charge is 2.23. The molecule has 0 amide bonds. The Morgan fingerprint density at radius 1 is 0.818 bits per heavy atom. The Balaban J connectivity index is 3.61. The average Bonchev–Trinajstić information content (AvgIpc) is 2.47. The smallest absolute Gasteiger partial charge is 0.320 e. The predicted molar refractivity (Wildman–Crippen MR) is 87.8 cm³/mol. The Labute approximate surface area is 134 Å². The standard InChI is InChI=1S/C17H33NO4/c1-2-3-4-5-6-7-8-9-10-11-12-14(16(19)20)13-15(18)17(21)22/h14-15H,2-13,18H2,1H3,(H,19,20)(H,21,22)/t14?,15-/m0/s1. The summed E-state index contributed by atoms with van der Waals surface area (Å²) in [5.41, 5.74) is 5.41. The third-order valence-corrected chi connectivity index (χ3v) is 4.11. The van der Waals surface area contributed by atoms with E-state index in [0.29, 0.717) is 6.42 Å². The third kappa shape index (κ3) is 11.5. The molecule has 0 saturated heterocycles. The lowest BCUT2D eigenvalue weighted by atomic mass is 9.94. The van der Waals surface area contributed by atoms with Crippen molar-refractivity contribution in [3.05, 3.63) is 0 Å². The number of nitrogens with two attached hydrogens (primary N) is 1. The van der Waals surface area contributed by atoms with E-state index in [4.69, 9.17) is 15.9 Å². The molecule has 5 heteroatoms. The van der Waals surface area contributed by atoms with Gasteiger partial charge in [0.15, 0.2) is 0 Å². The largest absolute Gasteiger partial charge is 0.481 e. The van der Waals surface area contributed by atoms with Crippen LogP contribution in [0.5, 0.6) is 0 Å². The lowest BCUT2D eigenvalue weighted by Gasteiger charge is -2.14. The highest BCUT2D eigenvalue weighted by molar-refractivity contribution is 5.75. The molecule has 0 radical (unpaired) electrons. The van der Waals surface area contributed by atoms with Crippen molar-refractivity contribution < 1.29 is 19.8 Å². The van der Waals surface area contributed by atoms with Crippen LogP contribution in [0, 0.1) is 5.92 Å². The van der Waals surface area contributed by atoms with Gasteiger partial charge in [0.1, 0.15) is 6.04 Å². The van der Waals surface area contributed by atoms with Gasteiger partial charge in [0.2, 0.25) is 0 Å². The summed E-state index contributed by atoms with van der Waals surface area (Å²) in [6.45, 7) is 2.22. The zero-order valence-electron chi connectivity index (χ0n) is 13.9. The second kappa shape index (κ2) is 13.6. The van der Waals surface area contributed by atoms with Crippen LogP contribution in [0.25, 0.3) is 0 Å². The van der Waals surface area contributed by atoms with E-state index in [0.717, 1.165) is 19.3 Å². The van der Waals surface area contributed by atoms with Gasteiger partial charge >= 0.3 is 11.9 Å². The van der Waals surface area contributed by atoms with E-state index in [2.05, 4.69) is 6.92 Å². The summed E-state index contributed by atoms with van der Waals surface area (Å²) < 4.78 is 0. The number of hydrogen-bond donors (Lipinski definition) is 3. The molecular weight excluding hydrogens is 282 g/mol. The molecule has 22 heavy (non-hydrogen) atoms. The van der Waals surface area contributed by atoms with Crippen LogP contribution in [-0.2, 0) is 9.59 Å². The summed E-state index contributed by atoms with van der Waals surface area (Å²) in [5, 5.41) is 17.8. The summed E-state index contributed by atoms with van der Waals surface area (Å²) in [4.78, 5) is 21.8. The van der Waals surface area contributed by atoms with Crippen LogP contribution in [0.2, 0.25) is 0 Å². The molecule has 0 aromatic carbocycles. The number of carbonyl (C=O) groups is 2. The number of hydrogen-bond acceptors (Lipinski definition) is 3. The van der Waals surface area contributed by atoms with E-state index in [9.17, 15) is 9.59 Å². The quantitative estimate of drug-likeness (QED) is 0.399. The van der Waals surface area contributed by atoms with E-state index in [1.807, 2.05) is 0 Å². The number of rotatable bonds is 15. The van der Waals surface area contributed by atoms with Crippen molar-refractivity contribution in [3.8, 4) is 0 Å². The minimum absolute atomic E-state index is 0.0160. The van der Waals surface area contributed by atoms with E-state index in [1.165, 1.54) is 44.9 Å². The number of carboxylic acid groups (broad SMARTS) is 2. The van der Waals surface area contributed by atoms with E-state index >= 15 is 0 Å². The normalized spacial score (nSPS) is 13.7. The van der Waals surface area contributed by atoms with Crippen LogP contribution < -0.4 is 5.73 Å². The molecule has 0 spiro atoms. The van der Waals surface area contributed by atoms with Crippen LogP contribution in [0.3, 0.4) is 0 Å². The molecule has 0 aromatic rings. The van der Waals surface area contributed by atoms with Crippen LogP contribution in [0.4, 0.5) is 0 Å².